The topological polar surface area (TPSA) is 66.5 Å². The number of nitrogens with zero attached hydrogens (tertiary/aromatic N) is 1. The number of nitrogens with one attached hydrogen (secondary N) is 1. The SMILES string of the molecule is O=C(c1cc(S(=O)(=O)Nc2cccc(C(F)(F)F)c2)c(Cl)cc1Cl)N1CCCC1. The highest BCUT2D eigenvalue weighted by molar-refractivity contribution is 7.92. The molecule has 11 heteroatoms. The Labute approximate surface area is 175 Å². The van der Waals surface area contributed by atoms with Crippen LogP contribution in [0.15, 0.2) is 41.3 Å². The van der Waals surface area contributed by atoms with Gasteiger partial charge in [-0.3, -0.25) is 9.52 Å². The number of alkyl halides is 3. The zero-order chi connectivity index (χ0) is 21.4. The first-order valence-electron chi connectivity index (χ1n) is 8.47. The van der Waals surface area contributed by atoms with E-state index in [9.17, 15) is 26.4 Å². The highest BCUT2D eigenvalue weighted by atomic mass is 35.5. The number of benzene rings is 2. The smallest absolute Gasteiger partial charge is 0.339 e. The van der Waals surface area contributed by atoms with E-state index in [1.54, 1.807) is 4.90 Å². The van der Waals surface area contributed by atoms with E-state index >= 15 is 0 Å². The zero-order valence-electron chi connectivity index (χ0n) is 14.8. The van der Waals surface area contributed by atoms with Crippen molar-refractivity contribution in [2.75, 3.05) is 17.8 Å². The van der Waals surface area contributed by atoms with E-state index in [1.807, 2.05) is 0 Å². The number of hydrogen-bond acceptors (Lipinski definition) is 3. The van der Waals surface area contributed by atoms with E-state index < -0.39 is 32.6 Å². The normalized spacial score (nSPS) is 14.9. The van der Waals surface area contributed by atoms with Gasteiger partial charge in [0.15, 0.2) is 0 Å². The summed E-state index contributed by atoms with van der Waals surface area (Å²) in [6.07, 6.45) is -2.97. The van der Waals surface area contributed by atoms with E-state index in [2.05, 4.69) is 4.72 Å². The number of carbonyl (C=O) groups is 1. The summed E-state index contributed by atoms with van der Waals surface area (Å²) in [5, 5.41) is -0.266. The molecule has 1 saturated heterocycles. The van der Waals surface area contributed by atoms with Crippen molar-refractivity contribution in [2.45, 2.75) is 23.9 Å². The van der Waals surface area contributed by atoms with Crippen LogP contribution in [0.5, 0.6) is 0 Å². The molecule has 0 bridgehead atoms. The van der Waals surface area contributed by atoms with Gasteiger partial charge in [0.05, 0.1) is 21.2 Å². The number of amides is 1. The second-order valence-corrected chi connectivity index (χ2v) is 8.91. The maximum absolute atomic E-state index is 12.9. The van der Waals surface area contributed by atoms with E-state index in [4.69, 9.17) is 23.2 Å². The van der Waals surface area contributed by atoms with Crippen molar-refractivity contribution >= 4 is 44.8 Å². The second kappa shape index (κ2) is 8.04. The van der Waals surface area contributed by atoms with Crippen LogP contribution >= 0.6 is 23.2 Å². The molecule has 0 saturated carbocycles. The Bertz CT molecular complexity index is 1050. The van der Waals surface area contributed by atoms with Crippen LogP contribution in [0, 0.1) is 0 Å². The first kappa shape index (κ1) is 21.7. The minimum Gasteiger partial charge on any atom is -0.339 e. The quantitative estimate of drug-likeness (QED) is 0.685. The fraction of sp³-hybridized carbons (Fsp3) is 0.278. The molecule has 0 unspecified atom stereocenters. The number of rotatable bonds is 4. The minimum absolute atomic E-state index is 0.00933. The van der Waals surface area contributed by atoms with Gasteiger partial charge in [-0.1, -0.05) is 29.3 Å². The third-order valence-corrected chi connectivity index (χ3v) is 6.54. The fourth-order valence-electron chi connectivity index (χ4n) is 2.96. The molecule has 1 fully saturated rings. The van der Waals surface area contributed by atoms with E-state index in [1.165, 1.54) is 6.07 Å². The summed E-state index contributed by atoms with van der Waals surface area (Å²) in [6.45, 7) is 1.06. The van der Waals surface area contributed by atoms with Crippen molar-refractivity contribution in [3.8, 4) is 0 Å². The average Bonchev–Trinajstić information content (AvgIpc) is 3.14. The molecule has 0 aliphatic carbocycles. The van der Waals surface area contributed by atoms with Crippen LogP contribution in [0.3, 0.4) is 0 Å². The Morgan fingerprint density at radius 2 is 1.69 bits per heavy atom. The summed E-state index contributed by atoms with van der Waals surface area (Å²) in [7, 11) is -4.38. The largest absolute Gasteiger partial charge is 0.416 e. The third kappa shape index (κ3) is 4.79. The maximum Gasteiger partial charge on any atom is 0.416 e. The number of hydrogen-bond donors (Lipinski definition) is 1. The molecule has 1 amide bonds. The molecule has 1 aliphatic rings. The van der Waals surface area contributed by atoms with Crippen molar-refractivity contribution < 1.29 is 26.4 Å². The summed E-state index contributed by atoms with van der Waals surface area (Å²) >= 11 is 12.1. The molecule has 29 heavy (non-hydrogen) atoms. The zero-order valence-corrected chi connectivity index (χ0v) is 17.1. The highest BCUT2D eigenvalue weighted by Gasteiger charge is 2.31. The first-order valence-corrected chi connectivity index (χ1v) is 10.7. The van der Waals surface area contributed by atoms with Gasteiger partial charge < -0.3 is 4.90 Å². The molecule has 0 radical (unpaired) electrons. The molecule has 0 spiro atoms. The lowest BCUT2D eigenvalue weighted by Crippen LogP contribution is -2.28. The Kier molecular flexibility index (Phi) is 6.03. The lowest BCUT2D eigenvalue weighted by Gasteiger charge is -2.18. The molecule has 0 atom stereocenters. The first-order chi connectivity index (χ1) is 13.5. The van der Waals surface area contributed by atoms with Crippen LogP contribution in [0.2, 0.25) is 10.0 Å². The van der Waals surface area contributed by atoms with Crippen molar-refractivity contribution in [2.24, 2.45) is 0 Å². The number of likely N-dealkylation sites (tertiary alicyclic amines) is 1. The lowest BCUT2D eigenvalue weighted by molar-refractivity contribution is -0.137. The average molecular weight is 467 g/mol. The maximum atomic E-state index is 12.9. The molecule has 156 valence electrons. The summed E-state index contributed by atoms with van der Waals surface area (Å²) in [4.78, 5) is 13.7. The minimum atomic E-state index is -4.63. The molecule has 0 aromatic heterocycles. The van der Waals surface area contributed by atoms with Crippen LogP contribution in [-0.4, -0.2) is 32.3 Å². The lowest BCUT2D eigenvalue weighted by atomic mass is 10.2. The molecule has 1 N–H and O–H groups in total. The van der Waals surface area contributed by atoms with Gasteiger partial charge in [0.1, 0.15) is 4.90 Å². The van der Waals surface area contributed by atoms with Gasteiger partial charge in [-0.05, 0) is 43.2 Å². The summed E-state index contributed by atoms with van der Waals surface area (Å²) < 4.78 is 66.2. The van der Waals surface area contributed by atoms with Crippen LogP contribution in [-0.2, 0) is 16.2 Å². The second-order valence-electron chi connectivity index (χ2n) is 6.45. The monoisotopic (exact) mass is 466 g/mol. The molecular formula is C18H15Cl2F3N2O3S. The fourth-order valence-corrected chi connectivity index (χ4v) is 4.86. The Morgan fingerprint density at radius 1 is 1.03 bits per heavy atom. The standard InChI is InChI=1S/C18H15Cl2F3N2O3S/c19-14-10-15(20)16(9-13(14)17(26)25-6-1-2-7-25)29(27,28)24-12-5-3-4-11(8-12)18(21,22)23/h3-5,8-10,24H,1-2,6-7H2. The van der Waals surface area contributed by atoms with Gasteiger partial charge >= 0.3 is 6.18 Å². The number of sulfonamides is 1. The van der Waals surface area contributed by atoms with Crippen LogP contribution in [0.4, 0.5) is 18.9 Å². The predicted molar refractivity (Wildman–Crippen MR) is 104 cm³/mol. The number of halogens is 5. The van der Waals surface area contributed by atoms with Crippen LogP contribution in [0.1, 0.15) is 28.8 Å². The molecule has 2 aromatic carbocycles. The van der Waals surface area contributed by atoms with Crippen LogP contribution < -0.4 is 4.72 Å². The highest BCUT2D eigenvalue weighted by Crippen LogP contribution is 2.33. The van der Waals surface area contributed by atoms with E-state index in [0.29, 0.717) is 19.2 Å². The summed E-state index contributed by atoms with van der Waals surface area (Å²) in [6, 6.07) is 5.91. The molecular weight excluding hydrogens is 452 g/mol. The number of anilines is 1. The molecule has 5 nitrogen and oxygen atoms in total. The Hall–Kier alpha value is -1.97. The van der Waals surface area contributed by atoms with Gasteiger partial charge in [-0.15, -0.1) is 0 Å². The van der Waals surface area contributed by atoms with Crippen molar-refractivity contribution in [3.05, 3.63) is 57.6 Å². The van der Waals surface area contributed by atoms with Crippen LogP contribution in [0.25, 0.3) is 0 Å². The summed E-state index contributed by atoms with van der Waals surface area (Å²) in [5.41, 5.74) is -1.34. The van der Waals surface area contributed by atoms with Crippen molar-refractivity contribution in [1.82, 2.24) is 4.90 Å². The molecule has 1 aliphatic heterocycles. The Balaban J connectivity index is 1.96. The molecule has 3 rings (SSSR count). The van der Waals surface area contributed by atoms with Crippen molar-refractivity contribution in [3.63, 3.8) is 0 Å². The number of carbonyl (C=O) groups excluding carboxylic acids is 1. The molecule has 1 heterocycles. The predicted octanol–water partition coefficient (Wildman–Crippen LogP) is 5.05. The summed E-state index contributed by atoms with van der Waals surface area (Å²) in [5.74, 6) is -0.431. The van der Waals surface area contributed by atoms with E-state index in [0.717, 1.165) is 37.1 Å². The van der Waals surface area contributed by atoms with Gasteiger partial charge in [0.2, 0.25) is 0 Å². The van der Waals surface area contributed by atoms with Crippen molar-refractivity contribution in [1.29, 1.82) is 0 Å². The van der Waals surface area contributed by atoms with Gasteiger partial charge in [0, 0.05) is 18.8 Å². The third-order valence-electron chi connectivity index (χ3n) is 4.38. The van der Waals surface area contributed by atoms with Gasteiger partial charge in [-0.2, -0.15) is 13.2 Å². The Morgan fingerprint density at radius 3 is 2.31 bits per heavy atom. The van der Waals surface area contributed by atoms with Gasteiger partial charge in [-0.25, -0.2) is 8.42 Å². The molecule has 2 aromatic rings. The van der Waals surface area contributed by atoms with E-state index in [-0.39, 0.29) is 21.3 Å². The van der Waals surface area contributed by atoms with Gasteiger partial charge in [0.25, 0.3) is 15.9 Å².